The predicted octanol–water partition coefficient (Wildman–Crippen LogP) is 3.05. The molecule has 5 nitrogen and oxygen atoms in total. The van der Waals surface area contributed by atoms with E-state index in [1.807, 2.05) is 0 Å². The first-order valence-electron chi connectivity index (χ1n) is 7.88. The normalized spacial score (nSPS) is 14.9. The fourth-order valence-electron chi connectivity index (χ4n) is 2.77. The monoisotopic (exact) mass is 357 g/mol. The highest BCUT2D eigenvalue weighted by Gasteiger charge is 2.29. The number of hydrogen-bond acceptors (Lipinski definition) is 4. The zero-order valence-electron chi connectivity index (χ0n) is 14.5. The second-order valence-electron chi connectivity index (χ2n) is 6.16. The van der Waals surface area contributed by atoms with E-state index in [0.29, 0.717) is 28.1 Å². The van der Waals surface area contributed by atoms with Gasteiger partial charge in [-0.3, -0.25) is 9.59 Å². The SMILES string of the molecule is CC(=O)c1ccc2c(c1)C(=C(NN(C)C)c1ccc(F)c(F)c1)C(=O)N2. The molecule has 134 valence electrons. The maximum Gasteiger partial charge on any atom is 0.258 e. The van der Waals surface area contributed by atoms with Crippen LogP contribution in [0.2, 0.25) is 0 Å². The van der Waals surface area contributed by atoms with Crippen LogP contribution in [0.3, 0.4) is 0 Å². The molecule has 1 aliphatic rings. The lowest BCUT2D eigenvalue weighted by Crippen LogP contribution is -2.30. The van der Waals surface area contributed by atoms with Crippen LogP contribution in [0, 0.1) is 11.6 Å². The third-order valence-electron chi connectivity index (χ3n) is 3.96. The molecule has 0 fully saturated rings. The van der Waals surface area contributed by atoms with Gasteiger partial charge in [0.05, 0.1) is 11.3 Å². The van der Waals surface area contributed by atoms with E-state index in [1.54, 1.807) is 37.3 Å². The van der Waals surface area contributed by atoms with E-state index in [9.17, 15) is 18.4 Å². The number of fused-ring (bicyclic) bond motifs is 1. The molecule has 0 radical (unpaired) electrons. The maximum atomic E-state index is 13.7. The molecule has 2 aromatic rings. The van der Waals surface area contributed by atoms with Gasteiger partial charge in [0.2, 0.25) is 0 Å². The number of ketones is 1. The Labute approximate surface area is 149 Å². The van der Waals surface area contributed by atoms with Crippen molar-refractivity contribution in [3.05, 3.63) is 64.7 Å². The Balaban J connectivity index is 2.26. The molecule has 0 saturated heterocycles. The summed E-state index contributed by atoms with van der Waals surface area (Å²) in [4.78, 5) is 24.3. The van der Waals surface area contributed by atoms with E-state index in [4.69, 9.17) is 0 Å². The number of Topliss-reactive ketones (excluding diaryl/α,β-unsaturated/α-hetero) is 1. The van der Waals surface area contributed by atoms with Gasteiger partial charge in [0.15, 0.2) is 17.4 Å². The van der Waals surface area contributed by atoms with Crippen LogP contribution in [-0.4, -0.2) is 30.8 Å². The van der Waals surface area contributed by atoms with Crippen molar-refractivity contribution >= 4 is 28.6 Å². The van der Waals surface area contributed by atoms with Crippen molar-refractivity contribution in [2.75, 3.05) is 19.4 Å². The molecule has 0 bridgehead atoms. The number of hydrazine groups is 1. The van der Waals surface area contributed by atoms with Gasteiger partial charge in [-0.1, -0.05) is 0 Å². The van der Waals surface area contributed by atoms with Crippen LogP contribution in [0.4, 0.5) is 14.5 Å². The second-order valence-corrected chi connectivity index (χ2v) is 6.16. The summed E-state index contributed by atoms with van der Waals surface area (Å²) < 4.78 is 27.1. The largest absolute Gasteiger partial charge is 0.321 e. The van der Waals surface area contributed by atoms with Crippen LogP contribution in [0.15, 0.2) is 36.4 Å². The molecule has 0 aromatic heterocycles. The average Bonchev–Trinajstić information content (AvgIpc) is 2.90. The highest BCUT2D eigenvalue weighted by Crippen LogP contribution is 2.37. The van der Waals surface area contributed by atoms with Crippen LogP contribution in [0.25, 0.3) is 11.3 Å². The second kappa shape index (κ2) is 6.68. The number of halogens is 2. The fraction of sp³-hybridized carbons (Fsp3) is 0.158. The number of nitrogens with one attached hydrogen (secondary N) is 2. The summed E-state index contributed by atoms with van der Waals surface area (Å²) in [6.45, 7) is 1.43. The van der Waals surface area contributed by atoms with Gasteiger partial charge in [0.25, 0.3) is 5.91 Å². The molecule has 2 aromatic carbocycles. The number of rotatable bonds is 4. The molecule has 2 N–H and O–H groups in total. The Hall–Kier alpha value is -3.06. The molecular weight excluding hydrogens is 340 g/mol. The number of amides is 1. The predicted molar refractivity (Wildman–Crippen MR) is 95.1 cm³/mol. The van der Waals surface area contributed by atoms with Crippen molar-refractivity contribution in [3.63, 3.8) is 0 Å². The molecule has 0 spiro atoms. The van der Waals surface area contributed by atoms with Crippen molar-refractivity contribution in [2.24, 2.45) is 0 Å². The van der Waals surface area contributed by atoms with E-state index in [2.05, 4.69) is 10.7 Å². The van der Waals surface area contributed by atoms with Gasteiger partial charge < -0.3 is 10.7 Å². The first kappa shape index (κ1) is 17.8. The highest BCUT2D eigenvalue weighted by molar-refractivity contribution is 6.36. The van der Waals surface area contributed by atoms with E-state index in [0.717, 1.165) is 12.1 Å². The fourth-order valence-corrected chi connectivity index (χ4v) is 2.77. The third-order valence-corrected chi connectivity index (χ3v) is 3.96. The molecule has 1 heterocycles. The molecule has 26 heavy (non-hydrogen) atoms. The van der Waals surface area contributed by atoms with Crippen LogP contribution in [-0.2, 0) is 4.79 Å². The summed E-state index contributed by atoms with van der Waals surface area (Å²) in [6.07, 6.45) is 0. The summed E-state index contributed by atoms with van der Waals surface area (Å²) in [5, 5.41) is 4.32. The molecule has 0 saturated carbocycles. The third kappa shape index (κ3) is 3.21. The number of nitrogens with zero attached hydrogens (tertiary/aromatic N) is 1. The molecule has 1 amide bonds. The van der Waals surface area contributed by atoms with E-state index < -0.39 is 17.5 Å². The van der Waals surface area contributed by atoms with Gasteiger partial charge in [0, 0.05) is 36.5 Å². The van der Waals surface area contributed by atoms with Crippen molar-refractivity contribution in [3.8, 4) is 0 Å². The van der Waals surface area contributed by atoms with Gasteiger partial charge in [-0.25, -0.2) is 13.8 Å². The van der Waals surface area contributed by atoms with Gasteiger partial charge >= 0.3 is 0 Å². The Bertz CT molecular complexity index is 952. The Kier molecular flexibility index (Phi) is 4.56. The summed E-state index contributed by atoms with van der Waals surface area (Å²) in [5.41, 5.74) is 5.38. The van der Waals surface area contributed by atoms with Crippen molar-refractivity contribution in [1.29, 1.82) is 0 Å². The van der Waals surface area contributed by atoms with Crippen LogP contribution >= 0.6 is 0 Å². The Morgan fingerprint density at radius 3 is 2.35 bits per heavy atom. The first-order chi connectivity index (χ1) is 12.3. The number of carbonyl (C=O) groups excluding carboxylic acids is 2. The zero-order valence-corrected chi connectivity index (χ0v) is 14.5. The van der Waals surface area contributed by atoms with Gasteiger partial charge in [-0.05, 0) is 43.3 Å². The summed E-state index contributed by atoms with van der Waals surface area (Å²) in [5.74, 6) is -2.52. The topological polar surface area (TPSA) is 61.4 Å². The smallest absolute Gasteiger partial charge is 0.258 e. The van der Waals surface area contributed by atoms with E-state index in [1.165, 1.54) is 13.0 Å². The molecule has 3 rings (SSSR count). The van der Waals surface area contributed by atoms with Crippen LogP contribution in [0.5, 0.6) is 0 Å². The molecule has 0 unspecified atom stereocenters. The number of anilines is 1. The lowest BCUT2D eigenvalue weighted by molar-refractivity contribution is -0.110. The minimum atomic E-state index is -1.02. The van der Waals surface area contributed by atoms with Crippen molar-refractivity contribution < 1.29 is 18.4 Å². The van der Waals surface area contributed by atoms with Crippen molar-refractivity contribution in [1.82, 2.24) is 10.4 Å². The summed E-state index contributed by atoms with van der Waals surface area (Å²) >= 11 is 0. The van der Waals surface area contributed by atoms with Crippen LogP contribution < -0.4 is 10.7 Å². The Morgan fingerprint density at radius 1 is 1.04 bits per heavy atom. The van der Waals surface area contributed by atoms with Gasteiger partial charge in [0.1, 0.15) is 0 Å². The molecule has 7 heteroatoms. The Morgan fingerprint density at radius 2 is 1.73 bits per heavy atom. The molecule has 1 aliphatic heterocycles. The summed E-state index contributed by atoms with van der Waals surface area (Å²) in [6, 6.07) is 8.30. The zero-order chi connectivity index (χ0) is 19.0. The minimum absolute atomic E-state index is 0.138. The van der Waals surface area contributed by atoms with Crippen molar-refractivity contribution in [2.45, 2.75) is 6.92 Å². The highest BCUT2D eigenvalue weighted by atomic mass is 19.2. The van der Waals surface area contributed by atoms with Gasteiger partial charge in [-0.2, -0.15) is 0 Å². The van der Waals surface area contributed by atoms with E-state index in [-0.39, 0.29) is 11.4 Å². The number of hydrogen-bond donors (Lipinski definition) is 2. The van der Waals surface area contributed by atoms with Crippen LogP contribution in [0.1, 0.15) is 28.4 Å². The average molecular weight is 357 g/mol. The number of carbonyl (C=O) groups is 2. The summed E-state index contributed by atoms with van der Waals surface area (Å²) in [7, 11) is 3.42. The quantitative estimate of drug-likeness (QED) is 0.502. The molecule has 0 atom stereocenters. The minimum Gasteiger partial charge on any atom is -0.321 e. The number of benzene rings is 2. The van der Waals surface area contributed by atoms with E-state index >= 15 is 0 Å². The molecule has 0 aliphatic carbocycles. The maximum absolute atomic E-state index is 13.7. The molecular formula is C19H17F2N3O2. The van der Waals surface area contributed by atoms with Gasteiger partial charge in [-0.15, -0.1) is 0 Å². The lowest BCUT2D eigenvalue weighted by atomic mass is 9.98. The lowest BCUT2D eigenvalue weighted by Gasteiger charge is -2.19. The first-order valence-corrected chi connectivity index (χ1v) is 7.88. The standard InChI is InChI=1S/C19H17F2N3O2/c1-10(25)11-5-7-16-13(8-11)17(19(26)22-16)18(23-24(2)3)12-4-6-14(20)15(21)9-12/h4-9,23H,1-3H3,(H,22,26).